The van der Waals surface area contributed by atoms with E-state index in [2.05, 4.69) is 23.6 Å². The molecule has 0 aromatic heterocycles. The first-order chi connectivity index (χ1) is 3.81. The van der Waals surface area contributed by atoms with Crippen LogP contribution < -0.4 is 0 Å². The summed E-state index contributed by atoms with van der Waals surface area (Å²) in [6.07, 6.45) is 2.56. The first-order valence-electron chi connectivity index (χ1n) is 2.78. The molecule has 0 saturated carbocycles. The Hall–Kier alpha value is -0.660. The van der Waals surface area contributed by atoms with Crippen LogP contribution in [0, 0.1) is 0 Å². The number of nitrogens with zero attached hydrogens (tertiary/aromatic N) is 2. The molecule has 2 heteroatoms. The van der Waals surface area contributed by atoms with E-state index in [4.69, 9.17) is 0 Å². The van der Waals surface area contributed by atoms with E-state index in [9.17, 15) is 0 Å². The number of rotatable bonds is 3. The molecule has 8 heavy (non-hydrogen) atoms. The normalized spacial score (nSPS) is 14.2. The highest BCUT2D eigenvalue weighted by molar-refractivity contribution is 5.62. The Bertz CT molecular complexity index is 86.5. The predicted octanol–water partition coefficient (Wildman–Crippen LogP) is 1.51. The van der Waals surface area contributed by atoms with Crippen LogP contribution in [0.5, 0.6) is 0 Å². The Labute approximate surface area is 50.4 Å². The minimum Gasteiger partial charge on any atom is -0.271 e. The van der Waals surface area contributed by atoms with E-state index in [0.717, 1.165) is 6.42 Å². The topological polar surface area (TPSA) is 24.7 Å². The van der Waals surface area contributed by atoms with Crippen molar-refractivity contribution in [1.29, 1.82) is 0 Å². The third-order valence-corrected chi connectivity index (χ3v) is 0.994. The minimum absolute atomic E-state index is 0.389. The average molecular weight is 112 g/mol. The summed E-state index contributed by atoms with van der Waals surface area (Å²) in [5, 5.41) is 0. The van der Waals surface area contributed by atoms with Gasteiger partial charge < -0.3 is 0 Å². The maximum Gasteiger partial charge on any atom is 0.109 e. The molecule has 0 heterocycles. The molecular weight excluding hydrogens is 100 g/mol. The summed E-state index contributed by atoms with van der Waals surface area (Å²) in [5.41, 5.74) is 0. The van der Waals surface area contributed by atoms with Crippen LogP contribution in [0.1, 0.15) is 20.3 Å². The molecule has 0 aliphatic heterocycles. The van der Waals surface area contributed by atoms with Crippen molar-refractivity contribution in [3.8, 4) is 0 Å². The molecule has 0 bridgehead atoms. The lowest BCUT2D eigenvalue weighted by Gasteiger charge is -1.95. The van der Waals surface area contributed by atoms with Gasteiger partial charge in [-0.1, -0.05) is 6.92 Å². The van der Waals surface area contributed by atoms with E-state index in [0.29, 0.717) is 6.04 Å². The molecule has 0 aromatic rings. The van der Waals surface area contributed by atoms with Crippen molar-refractivity contribution >= 4 is 13.1 Å². The van der Waals surface area contributed by atoms with Gasteiger partial charge >= 0.3 is 0 Å². The van der Waals surface area contributed by atoms with Gasteiger partial charge in [-0.3, -0.25) is 9.98 Å². The van der Waals surface area contributed by atoms with Crippen LogP contribution >= 0.6 is 0 Å². The van der Waals surface area contributed by atoms with Gasteiger partial charge in [0.25, 0.3) is 0 Å². The molecule has 0 aliphatic carbocycles. The molecule has 0 amide bonds. The van der Waals surface area contributed by atoms with Gasteiger partial charge in [0.1, 0.15) is 6.34 Å². The van der Waals surface area contributed by atoms with Gasteiger partial charge in [0.15, 0.2) is 0 Å². The van der Waals surface area contributed by atoms with Gasteiger partial charge in [0, 0.05) is 6.04 Å². The molecule has 46 valence electrons. The zero-order valence-corrected chi connectivity index (χ0v) is 5.46. The minimum atomic E-state index is 0.389. The van der Waals surface area contributed by atoms with E-state index >= 15 is 0 Å². The fourth-order valence-corrected chi connectivity index (χ4v) is 0.266. The molecule has 0 aliphatic rings. The van der Waals surface area contributed by atoms with E-state index in [1.54, 1.807) is 0 Å². The second-order valence-corrected chi connectivity index (χ2v) is 1.70. The van der Waals surface area contributed by atoms with Crippen molar-refractivity contribution in [2.45, 2.75) is 26.3 Å². The molecule has 0 radical (unpaired) electrons. The summed E-state index contributed by atoms with van der Waals surface area (Å²) in [4.78, 5) is 7.49. The monoisotopic (exact) mass is 112 g/mol. The summed E-state index contributed by atoms with van der Waals surface area (Å²) >= 11 is 0. The molecule has 0 saturated heterocycles. The van der Waals surface area contributed by atoms with Gasteiger partial charge in [-0.05, 0) is 20.1 Å². The zero-order chi connectivity index (χ0) is 6.41. The van der Waals surface area contributed by atoms with E-state index in [-0.39, 0.29) is 0 Å². The molecule has 0 spiro atoms. The Kier molecular flexibility index (Phi) is 4.13. The number of hydrogen-bond acceptors (Lipinski definition) is 1. The highest BCUT2D eigenvalue weighted by atomic mass is 14.9. The van der Waals surface area contributed by atoms with Crippen molar-refractivity contribution in [2.24, 2.45) is 9.98 Å². The maximum atomic E-state index is 4.01. The fourth-order valence-electron chi connectivity index (χ4n) is 0.266. The van der Waals surface area contributed by atoms with Crippen LogP contribution in [-0.2, 0) is 0 Å². The Morgan fingerprint density at radius 3 is 2.75 bits per heavy atom. The van der Waals surface area contributed by atoms with Gasteiger partial charge in [0.05, 0.1) is 0 Å². The highest BCUT2D eigenvalue weighted by Gasteiger charge is 1.87. The molecular formula is C6H12N2. The van der Waals surface area contributed by atoms with Crippen LogP contribution in [-0.4, -0.2) is 19.1 Å². The standard InChI is InChI=1S/C6H12N2/c1-4-6(2)8-5-7-3/h5-6H,3-4H2,1-2H3. The molecule has 0 rings (SSSR count). The van der Waals surface area contributed by atoms with Crippen molar-refractivity contribution in [3.63, 3.8) is 0 Å². The second-order valence-electron chi connectivity index (χ2n) is 1.70. The summed E-state index contributed by atoms with van der Waals surface area (Å²) < 4.78 is 0. The molecule has 0 fully saturated rings. The third kappa shape index (κ3) is 3.53. The quantitative estimate of drug-likeness (QED) is 0.390. The predicted molar refractivity (Wildman–Crippen MR) is 37.8 cm³/mol. The summed E-state index contributed by atoms with van der Waals surface area (Å²) in [6.45, 7) is 7.40. The summed E-state index contributed by atoms with van der Waals surface area (Å²) in [5.74, 6) is 0. The second kappa shape index (κ2) is 4.50. The van der Waals surface area contributed by atoms with Gasteiger partial charge in [0.2, 0.25) is 0 Å². The zero-order valence-electron chi connectivity index (χ0n) is 5.46. The molecule has 1 atom stereocenters. The Morgan fingerprint density at radius 2 is 2.38 bits per heavy atom. The first-order valence-corrected chi connectivity index (χ1v) is 2.78. The van der Waals surface area contributed by atoms with Crippen LogP contribution in [0.4, 0.5) is 0 Å². The van der Waals surface area contributed by atoms with E-state index in [1.807, 2.05) is 6.92 Å². The van der Waals surface area contributed by atoms with E-state index < -0.39 is 0 Å². The Morgan fingerprint density at radius 1 is 1.75 bits per heavy atom. The lowest BCUT2D eigenvalue weighted by molar-refractivity contribution is 0.719. The summed E-state index contributed by atoms with van der Waals surface area (Å²) in [7, 11) is 0. The van der Waals surface area contributed by atoms with Crippen LogP contribution in [0.15, 0.2) is 9.98 Å². The molecule has 0 N–H and O–H groups in total. The first kappa shape index (κ1) is 7.34. The number of aliphatic imine (C=N–C) groups is 2. The van der Waals surface area contributed by atoms with Gasteiger partial charge in [-0.15, -0.1) is 0 Å². The largest absolute Gasteiger partial charge is 0.271 e. The molecule has 1 unspecified atom stereocenters. The van der Waals surface area contributed by atoms with Gasteiger partial charge in [-0.25, -0.2) is 0 Å². The maximum absolute atomic E-state index is 4.01. The lowest BCUT2D eigenvalue weighted by Crippen LogP contribution is -1.92. The van der Waals surface area contributed by atoms with Crippen molar-refractivity contribution in [3.05, 3.63) is 0 Å². The van der Waals surface area contributed by atoms with Crippen LogP contribution in [0.3, 0.4) is 0 Å². The van der Waals surface area contributed by atoms with Gasteiger partial charge in [-0.2, -0.15) is 0 Å². The lowest BCUT2D eigenvalue weighted by atomic mass is 10.3. The molecule has 2 nitrogen and oxygen atoms in total. The third-order valence-electron chi connectivity index (χ3n) is 0.994. The van der Waals surface area contributed by atoms with E-state index in [1.165, 1.54) is 6.34 Å². The smallest absolute Gasteiger partial charge is 0.109 e. The fraction of sp³-hybridized carbons (Fsp3) is 0.667. The summed E-state index contributed by atoms with van der Waals surface area (Å²) in [6, 6.07) is 0.389. The highest BCUT2D eigenvalue weighted by Crippen LogP contribution is 1.91. The number of hydrogen-bond donors (Lipinski definition) is 0. The SMILES string of the molecule is C=NC=NC(C)CC. The van der Waals surface area contributed by atoms with Crippen molar-refractivity contribution < 1.29 is 0 Å². The van der Waals surface area contributed by atoms with Crippen molar-refractivity contribution in [2.75, 3.05) is 0 Å². The molecule has 0 aromatic carbocycles. The Balaban J connectivity index is 3.35. The van der Waals surface area contributed by atoms with Crippen molar-refractivity contribution in [1.82, 2.24) is 0 Å². The average Bonchev–Trinajstić information content (AvgIpc) is 1.83. The van der Waals surface area contributed by atoms with Crippen LogP contribution in [0.2, 0.25) is 0 Å². The van der Waals surface area contributed by atoms with Crippen LogP contribution in [0.25, 0.3) is 0 Å².